The van der Waals surface area contributed by atoms with Crippen molar-refractivity contribution in [3.63, 3.8) is 0 Å². The van der Waals surface area contributed by atoms with E-state index in [0.29, 0.717) is 58.7 Å². The van der Waals surface area contributed by atoms with Gasteiger partial charge in [0, 0.05) is 90.9 Å². The first kappa shape index (κ1) is 85.8. The van der Waals surface area contributed by atoms with Crippen molar-refractivity contribution in [2.45, 2.75) is 112 Å². The van der Waals surface area contributed by atoms with Crippen LogP contribution in [0.15, 0.2) is 206 Å². The van der Waals surface area contributed by atoms with Crippen molar-refractivity contribution in [3.05, 3.63) is 279 Å². The Morgan fingerprint density at radius 2 is 0.457 bits per heavy atom. The number of halogens is 12. The summed E-state index contributed by atoms with van der Waals surface area (Å²) in [5.74, 6) is 0. The second-order valence-corrected chi connectivity index (χ2v) is 34.3. The van der Waals surface area contributed by atoms with E-state index in [1.165, 1.54) is 72.8 Å². The molecule has 0 unspecified atom stereocenters. The van der Waals surface area contributed by atoms with Crippen LogP contribution in [0.4, 0.5) is 58.4 Å². The van der Waals surface area contributed by atoms with Crippen molar-refractivity contribution < 1.29 is 139 Å². The third kappa shape index (κ3) is 21.7. The smallest absolute Gasteiger partial charge is 0.363 e. The van der Waals surface area contributed by atoms with E-state index < -0.39 is 113 Å². The minimum Gasteiger partial charge on any atom is -0.363 e. The molecule has 0 amide bonds. The first-order valence-electron chi connectivity index (χ1n) is 30.8. The number of hydrogen-bond donors (Lipinski definition) is 12. The summed E-state index contributed by atoms with van der Waals surface area (Å²) in [4.78, 5) is 113. The average molecular weight is 1610 g/mol. The van der Waals surface area contributed by atoms with Gasteiger partial charge < -0.3 is 63.6 Å². The Balaban J connectivity index is 0.000000220. The molecule has 8 aromatic rings. The minimum atomic E-state index is -5.70. The summed E-state index contributed by atoms with van der Waals surface area (Å²) in [7, 11) is -34.1. The summed E-state index contributed by atoms with van der Waals surface area (Å²) in [6.07, 6.45) is 3.79. The van der Waals surface area contributed by atoms with Crippen LogP contribution < -0.4 is 4.90 Å². The molecule has 8 aromatic carbocycles. The Kier molecular flexibility index (Phi) is 27.4. The third-order valence-corrected chi connectivity index (χ3v) is 22.5. The fraction of sp³-hybridized carbons (Fsp3) is 0.273. The van der Waals surface area contributed by atoms with Crippen molar-refractivity contribution in [2.24, 2.45) is 0 Å². The van der Waals surface area contributed by atoms with Crippen LogP contribution in [0, 0.1) is 0 Å². The molecule has 0 bridgehead atoms. The first-order valence-corrected chi connectivity index (χ1v) is 40.5. The van der Waals surface area contributed by atoms with Gasteiger partial charge in [0.15, 0.2) is 0 Å². The van der Waals surface area contributed by atoms with Gasteiger partial charge in [-0.05, 0) is 63.9 Å². The number of alkyl halides is 12. The van der Waals surface area contributed by atoms with Gasteiger partial charge in [-0.3, -0.25) is 37.2 Å². The van der Waals surface area contributed by atoms with Crippen molar-refractivity contribution >= 4 is 51.3 Å². The zero-order chi connectivity index (χ0) is 78.2. The standard InChI is InChI=1S/C23H23F4NO6P2.C22H21F4NO6P2.C21H25F4NO6P2/c24-22(25,35(29,30)31)20-10-6-18(7-11-20)15-28(14-17-4-2-1-3-5-17)16-19-8-12-21(13-9-19)23(26,27)36(32,33)34;23-21(24,34(28,29)30)18-10-6-16(7-11-18)14-27(20-4-2-1-3-5-20)15-17-8-12-19(13-9-17)22(25,26)35(31,32)33;22-20(23,33(27,28)29)17-9-5-15(6-10-17)13-26(19-3-1-2-4-19)14-16-7-11-18(12-8-16)21(24,25)34(30,31)32/h1-13H,14-16H2,(H2,29,30,31)(H2,32,33,34);1-13H,14-15H2,(H2,28,29,30)(H2,31,32,33);5-12,19H,1-4,13-14H2,(H2,27,28,29)(H2,30,31,32). The van der Waals surface area contributed by atoms with Crippen LogP contribution in [0.5, 0.6) is 0 Å². The van der Waals surface area contributed by atoms with E-state index in [1.807, 2.05) is 35.2 Å². The summed E-state index contributed by atoms with van der Waals surface area (Å²) < 4.78 is 234. The zero-order valence-electron chi connectivity index (χ0n) is 54.4. The SMILES string of the molecule is O=P(O)(O)C(F)(F)c1ccc(CN(Cc2ccc(C(F)(F)P(=O)(O)O)cc2)C2CCCC2)cc1.O=P(O)(O)C(F)(F)c1ccc(CN(Cc2ccc(C(F)(F)P(=O)(O)O)cc2)c2ccccc2)cc1.O=P(O)(O)C(F)(F)c1ccc(CN(Cc2ccccc2)Cc2ccc(C(F)(F)P(=O)(O)O)cc2)cc1. The Hall–Kier alpha value is -6.46. The summed E-state index contributed by atoms with van der Waals surface area (Å²) >= 11 is 0. The van der Waals surface area contributed by atoms with Crippen LogP contribution in [0.1, 0.15) is 98.0 Å². The molecule has 21 nitrogen and oxygen atoms in total. The average Bonchev–Trinajstić information content (AvgIpc) is 1.17. The molecule has 0 spiro atoms. The van der Waals surface area contributed by atoms with Gasteiger partial charge in [0.05, 0.1) is 0 Å². The topological polar surface area (TPSA) is 355 Å². The highest BCUT2D eigenvalue weighted by Crippen LogP contribution is 2.63. The van der Waals surface area contributed by atoms with Crippen molar-refractivity contribution in [3.8, 4) is 0 Å². The molecule has 0 aromatic heterocycles. The number of hydrogen-bond acceptors (Lipinski definition) is 9. The molecule has 0 radical (unpaired) electrons. The predicted octanol–water partition coefficient (Wildman–Crippen LogP) is 15.8. The number of nitrogens with zero attached hydrogens (tertiary/aromatic N) is 3. The van der Waals surface area contributed by atoms with Gasteiger partial charge in [0.2, 0.25) is 0 Å². The van der Waals surface area contributed by atoms with E-state index in [-0.39, 0.29) is 32.2 Å². The second-order valence-electron chi connectivity index (χ2n) is 24.4. The van der Waals surface area contributed by atoms with Crippen LogP contribution in [-0.2, 0) is 107 Å². The van der Waals surface area contributed by atoms with Crippen LogP contribution in [0.3, 0.4) is 0 Å². The fourth-order valence-corrected chi connectivity index (χ4v) is 13.7. The van der Waals surface area contributed by atoms with E-state index in [0.717, 1.165) is 104 Å². The maximum Gasteiger partial charge on any atom is 0.399 e. The second kappa shape index (κ2) is 33.6. The minimum absolute atomic E-state index is 0.160. The Morgan fingerprint density at radius 1 is 0.267 bits per heavy atom. The Bertz CT molecular complexity index is 4260. The van der Waals surface area contributed by atoms with E-state index >= 15 is 0 Å². The fourth-order valence-electron chi connectivity index (χ4n) is 10.8. The summed E-state index contributed by atoms with van der Waals surface area (Å²) in [5.41, 5.74) is -25.8. The van der Waals surface area contributed by atoms with Gasteiger partial charge in [0.1, 0.15) is 0 Å². The summed E-state index contributed by atoms with van der Waals surface area (Å²) in [5, 5.41) is 0. The summed E-state index contributed by atoms with van der Waals surface area (Å²) in [6, 6.07) is 45.5. The quantitative estimate of drug-likeness (QED) is 0.0160. The van der Waals surface area contributed by atoms with Gasteiger partial charge in [-0.25, -0.2) is 0 Å². The molecule has 12 N–H and O–H groups in total. The lowest BCUT2D eigenvalue weighted by Crippen LogP contribution is -2.32. The maximum atomic E-state index is 13.9. The first-order chi connectivity index (χ1) is 48.4. The molecular weight excluding hydrogens is 1540 g/mol. The van der Waals surface area contributed by atoms with E-state index in [2.05, 4.69) is 4.90 Å². The normalized spacial score (nSPS) is 14.2. The lowest BCUT2D eigenvalue weighted by molar-refractivity contribution is 0.0563. The van der Waals surface area contributed by atoms with Gasteiger partial charge in [-0.15, -0.1) is 0 Å². The maximum absolute atomic E-state index is 13.9. The highest BCUT2D eigenvalue weighted by atomic mass is 31.2. The van der Waals surface area contributed by atoms with Crippen LogP contribution in [0.25, 0.3) is 0 Å². The van der Waals surface area contributed by atoms with Gasteiger partial charge in [0.25, 0.3) is 0 Å². The zero-order valence-corrected chi connectivity index (χ0v) is 59.7. The number of rotatable bonds is 28. The van der Waals surface area contributed by atoms with Crippen LogP contribution in [-0.4, -0.2) is 74.6 Å². The molecular formula is C66H69F12N3O18P6. The Labute approximate surface area is 592 Å². The third-order valence-electron chi connectivity index (χ3n) is 16.5. The molecule has 0 saturated heterocycles. The largest absolute Gasteiger partial charge is 0.399 e. The highest BCUT2D eigenvalue weighted by molar-refractivity contribution is 7.54. The molecule has 9 rings (SSSR count). The van der Waals surface area contributed by atoms with E-state index in [4.69, 9.17) is 58.7 Å². The number of anilines is 1. The lowest BCUT2D eigenvalue weighted by atomic mass is 10.1. The van der Waals surface area contributed by atoms with E-state index in [1.54, 1.807) is 35.2 Å². The highest BCUT2D eigenvalue weighted by Gasteiger charge is 2.54. The predicted molar refractivity (Wildman–Crippen MR) is 362 cm³/mol. The molecule has 1 fully saturated rings. The molecule has 1 aliphatic carbocycles. The molecule has 1 saturated carbocycles. The van der Waals surface area contributed by atoms with Crippen molar-refractivity contribution in [2.75, 3.05) is 4.90 Å². The summed E-state index contributed by atoms with van der Waals surface area (Å²) in [6.45, 7) is 1.83. The molecule has 0 heterocycles. The Morgan fingerprint density at radius 3 is 0.676 bits per heavy atom. The molecule has 0 aliphatic heterocycles. The van der Waals surface area contributed by atoms with E-state index in [9.17, 15) is 80.1 Å². The number of benzene rings is 8. The molecule has 0 atom stereocenters. The molecule has 570 valence electrons. The molecule has 105 heavy (non-hydrogen) atoms. The molecule has 39 heteroatoms. The van der Waals surface area contributed by atoms with Gasteiger partial charge in [-0.2, -0.15) is 52.7 Å². The lowest BCUT2D eigenvalue weighted by Gasteiger charge is -2.29. The van der Waals surface area contributed by atoms with Crippen LogP contribution >= 0.6 is 45.6 Å². The van der Waals surface area contributed by atoms with Gasteiger partial charge in [-0.1, -0.05) is 207 Å². The monoisotopic (exact) mass is 1610 g/mol. The molecule has 1 aliphatic rings. The van der Waals surface area contributed by atoms with Gasteiger partial charge >= 0.3 is 79.6 Å². The van der Waals surface area contributed by atoms with Crippen molar-refractivity contribution in [1.29, 1.82) is 0 Å². The van der Waals surface area contributed by atoms with Crippen LogP contribution in [0.2, 0.25) is 0 Å². The number of para-hydroxylation sites is 1. The van der Waals surface area contributed by atoms with Crippen molar-refractivity contribution in [1.82, 2.24) is 9.80 Å².